The summed E-state index contributed by atoms with van der Waals surface area (Å²) in [5, 5.41) is 0.513. The molecule has 2 heterocycles. The predicted octanol–water partition coefficient (Wildman–Crippen LogP) is 1.21. The highest BCUT2D eigenvalue weighted by Gasteiger charge is 2.17. The summed E-state index contributed by atoms with van der Waals surface area (Å²) in [6.45, 7) is 3.63. The molecular weight excluding hydrogens is 228 g/mol. The maximum atomic E-state index is 11.6. The van der Waals surface area contributed by atoms with E-state index in [0.29, 0.717) is 22.1 Å². The lowest BCUT2D eigenvalue weighted by atomic mass is 10.3. The summed E-state index contributed by atoms with van der Waals surface area (Å²) in [6.07, 6.45) is 1.80. The molecule has 6 heteroatoms. The van der Waals surface area contributed by atoms with Gasteiger partial charge >= 0.3 is 0 Å². The molecular formula is C10H11ClN4O. The Hall–Kier alpha value is -1.59. The molecule has 0 saturated carbocycles. The first-order valence-electron chi connectivity index (χ1n) is 4.70. The Morgan fingerprint density at radius 2 is 2.25 bits per heavy atom. The third kappa shape index (κ3) is 1.54. The number of amides is 1. The molecule has 84 valence electrons. The smallest absolute Gasteiger partial charge is 0.284 e. The van der Waals surface area contributed by atoms with Gasteiger partial charge in [0.25, 0.3) is 5.91 Å². The number of aryl methyl sites for hydroxylation is 2. The highest BCUT2D eigenvalue weighted by atomic mass is 35.5. The number of carbonyl (C=O) groups excluding carboxylic acids is 1. The fourth-order valence-electron chi connectivity index (χ4n) is 1.69. The number of hydrogen-bond donors (Lipinski definition) is 2. The molecule has 16 heavy (non-hydrogen) atoms. The SMILES string of the molecule is Cc1cc(Cl)c2nc(C)c(C(=O)NN)n2c1. The number of aromatic nitrogens is 2. The Morgan fingerprint density at radius 3 is 2.88 bits per heavy atom. The van der Waals surface area contributed by atoms with Crippen molar-refractivity contribution in [1.29, 1.82) is 0 Å². The minimum atomic E-state index is -0.383. The van der Waals surface area contributed by atoms with Crippen molar-refractivity contribution in [3.8, 4) is 0 Å². The molecule has 5 nitrogen and oxygen atoms in total. The monoisotopic (exact) mass is 238 g/mol. The molecule has 3 N–H and O–H groups in total. The van der Waals surface area contributed by atoms with Crippen LogP contribution in [-0.4, -0.2) is 15.3 Å². The molecule has 0 unspecified atom stereocenters. The Morgan fingerprint density at radius 1 is 1.56 bits per heavy atom. The number of fused-ring (bicyclic) bond motifs is 1. The molecule has 0 saturated heterocycles. The number of nitrogens with zero attached hydrogens (tertiary/aromatic N) is 2. The van der Waals surface area contributed by atoms with Crippen LogP contribution in [0.25, 0.3) is 5.65 Å². The van der Waals surface area contributed by atoms with E-state index < -0.39 is 0 Å². The van der Waals surface area contributed by atoms with Gasteiger partial charge in [-0.25, -0.2) is 10.8 Å². The van der Waals surface area contributed by atoms with Crippen molar-refractivity contribution in [2.24, 2.45) is 5.84 Å². The van der Waals surface area contributed by atoms with Crippen LogP contribution in [0.2, 0.25) is 5.02 Å². The normalized spacial score (nSPS) is 10.8. The average molecular weight is 239 g/mol. The second-order valence-electron chi connectivity index (χ2n) is 3.58. The van der Waals surface area contributed by atoms with Crippen LogP contribution in [0.1, 0.15) is 21.7 Å². The van der Waals surface area contributed by atoms with Gasteiger partial charge in [0.15, 0.2) is 5.65 Å². The first-order chi connectivity index (χ1) is 7.54. The van der Waals surface area contributed by atoms with E-state index in [-0.39, 0.29) is 5.91 Å². The summed E-state index contributed by atoms with van der Waals surface area (Å²) >= 11 is 6.05. The number of hydrazine groups is 1. The highest BCUT2D eigenvalue weighted by Crippen LogP contribution is 2.21. The van der Waals surface area contributed by atoms with E-state index >= 15 is 0 Å². The van der Waals surface area contributed by atoms with Crippen LogP contribution < -0.4 is 11.3 Å². The summed E-state index contributed by atoms with van der Waals surface area (Å²) in [5.41, 5.74) is 4.60. The van der Waals surface area contributed by atoms with Gasteiger partial charge in [0, 0.05) is 6.20 Å². The van der Waals surface area contributed by atoms with Crippen molar-refractivity contribution in [3.63, 3.8) is 0 Å². The Labute approximate surface area is 97.2 Å². The highest BCUT2D eigenvalue weighted by molar-refractivity contribution is 6.33. The van der Waals surface area contributed by atoms with Gasteiger partial charge < -0.3 is 0 Å². The maximum absolute atomic E-state index is 11.6. The zero-order valence-electron chi connectivity index (χ0n) is 8.91. The molecule has 0 fully saturated rings. The third-order valence-electron chi connectivity index (χ3n) is 2.33. The van der Waals surface area contributed by atoms with Crippen LogP contribution in [0.5, 0.6) is 0 Å². The van der Waals surface area contributed by atoms with Crippen molar-refractivity contribution in [1.82, 2.24) is 14.8 Å². The predicted molar refractivity (Wildman–Crippen MR) is 61.3 cm³/mol. The Balaban J connectivity index is 2.83. The lowest BCUT2D eigenvalue weighted by molar-refractivity contribution is 0.0947. The number of hydrogen-bond acceptors (Lipinski definition) is 3. The number of nitrogens with one attached hydrogen (secondary N) is 1. The number of nitrogen functional groups attached to an aromatic ring is 1. The van der Waals surface area contributed by atoms with Gasteiger partial charge in [-0.05, 0) is 25.5 Å². The van der Waals surface area contributed by atoms with Gasteiger partial charge in [-0.1, -0.05) is 11.6 Å². The van der Waals surface area contributed by atoms with Crippen LogP contribution in [-0.2, 0) is 0 Å². The fourth-order valence-corrected chi connectivity index (χ4v) is 1.99. The van der Waals surface area contributed by atoms with Crippen LogP contribution in [0.3, 0.4) is 0 Å². The van der Waals surface area contributed by atoms with Crippen LogP contribution >= 0.6 is 11.6 Å². The lowest BCUT2D eigenvalue weighted by Crippen LogP contribution is -2.31. The molecule has 2 aromatic heterocycles. The Kier molecular flexibility index (Phi) is 2.57. The van der Waals surface area contributed by atoms with Crippen molar-refractivity contribution < 1.29 is 4.79 Å². The molecule has 0 aliphatic heterocycles. The third-order valence-corrected chi connectivity index (χ3v) is 2.61. The molecule has 0 radical (unpaired) electrons. The van der Waals surface area contributed by atoms with Crippen LogP contribution in [0.15, 0.2) is 12.3 Å². The summed E-state index contributed by atoms with van der Waals surface area (Å²) in [5.74, 6) is 4.74. The Bertz CT molecular complexity index is 576. The summed E-state index contributed by atoms with van der Waals surface area (Å²) in [4.78, 5) is 15.8. The first kappa shape index (κ1) is 10.9. The number of halogens is 1. The van der Waals surface area contributed by atoms with Crippen molar-refractivity contribution in [2.45, 2.75) is 13.8 Å². The molecule has 1 amide bonds. The zero-order valence-corrected chi connectivity index (χ0v) is 9.67. The molecule has 0 aliphatic rings. The van der Waals surface area contributed by atoms with Crippen molar-refractivity contribution >= 4 is 23.2 Å². The van der Waals surface area contributed by atoms with Gasteiger partial charge in [-0.15, -0.1) is 0 Å². The lowest BCUT2D eigenvalue weighted by Gasteiger charge is -2.03. The quantitative estimate of drug-likeness (QED) is 0.446. The van der Waals surface area contributed by atoms with E-state index in [1.165, 1.54) is 0 Å². The maximum Gasteiger partial charge on any atom is 0.284 e. The van der Waals surface area contributed by atoms with Gasteiger partial charge in [0.2, 0.25) is 0 Å². The largest absolute Gasteiger partial charge is 0.294 e. The number of nitrogens with two attached hydrogens (primary N) is 1. The molecule has 0 aliphatic carbocycles. The van der Waals surface area contributed by atoms with Crippen LogP contribution in [0.4, 0.5) is 0 Å². The summed E-state index contributed by atoms with van der Waals surface area (Å²) < 4.78 is 1.65. The van der Waals surface area contributed by atoms with E-state index in [2.05, 4.69) is 10.4 Å². The van der Waals surface area contributed by atoms with E-state index in [9.17, 15) is 4.79 Å². The van der Waals surface area contributed by atoms with E-state index in [0.717, 1.165) is 5.56 Å². The van der Waals surface area contributed by atoms with E-state index in [1.807, 2.05) is 6.92 Å². The zero-order chi connectivity index (χ0) is 11.9. The number of carbonyl (C=O) groups is 1. The number of imidazole rings is 1. The van der Waals surface area contributed by atoms with Gasteiger partial charge in [0.1, 0.15) is 5.69 Å². The molecule has 2 aromatic rings. The average Bonchev–Trinajstić information content (AvgIpc) is 2.54. The molecule has 0 bridgehead atoms. The number of pyridine rings is 1. The summed E-state index contributed by atoms with van der Waals surface area (Å²) in [7, 11) is 0. The fraction of sp³-hybridized carbons (Fsp3) is 0.200. The molecule has 0 atom stereocenters. The topological polar surface area (TPSA) is 72.4 Å². The molecule has 0 aromatic carbocycles. The number of rotatable bonds is 1. The van der Waals surface area contributed by atoms with Crippen LogP contribution in [0, 0.1) is 13.8 Å². The first-order valence-corrected chi connectivity index (χ1v) is 5.08. The van der Waals surface area contributed by atoms with Gasteiger partial charge in [-0.3, -0.25) is 14.6 Å². The second-order valence-corrected chi connectivity index (χ2v) is 3.99. The molecule has 2 rings (SSSR count). The minimum absolute atomic E-state index is 0.383. The van der Waals surface area contributed by atoms with Crippen molar-refractivity contribution in [2.75, 3.05) is 0 Å². The van der Waals surface area contributed by atoms with E-state index in [4.69, 9.17) is 17.4 Å². The molecule has 0 spiro atoms. The van der Waals surface area contributed by atoms with Crippen molar-refractivity contribution in [3.05, 3.63) is 34.2 Å². The summed E-state index contributed by atoms with van der Waals surface area (Å²) in [6, 6.07) is 1.80. The van der Waals surface area contributed by atoms with E-state index in [1.54, 1.807) is 23.6 Å². The standard InChI is InChI=1S/C10H11ClN4O/c1-5-3-7(11)9-13-6(2)8(10(16)14-12)15(9)4-5/h3-4H,12H2,1-2H3,(H,14,16). The van der Waals surface area contributed by atoms with Gasteiger partial charge in [0.05, 0.1) is 10.7 Å². The second kappa shape index (κ2) is 3.77. The van der Waals surface area contributed by atoms with Gasteiger partial charge in [-0.2, -0.15) is 0 Å². The minimum Gasteiger partial charge on any atom is -0.294 e.